The van der Waals surface area contributed by atoms with Crippen LogP contribution in [0.15, 0.2) is 0 Å². The molecule has 32 heavy (non-hydrogen) atoms. The predicted octanol–water partition coefficient (Wildman–Crippen LogP) is 2.11. The van der Waals surface area contributed by atoms with Gasteiger partial charge in [0.1, 0.15) is 6.04 Å². The van der Waals surface area contributed by atoms with Crippen LogP contribution in [0.25, 0.3) is 0 Å². The summed E-state index contributed by atoms with van der Waals surface area (Å²) in [6.45, 7) is 7.39. The van der Waals surface area contributed by atoms with Gasteiger partial charge in [-0.05, 0) is 44.9 Å². The van der Waals surface area contributed by atoms with E-state index >= 15 is 0 Å². The lowest BCUT2D eigenvalue weighted by Gasteiger charge is -2.59. The molecule has 0 aromatic heterocycles. The molecule has 1 spiro atoms. The fourth-order valence-corrected chi connectivity index (χ4v) is 5.79. The largest absolute Gasteiger partial charge is 0.480 e. The first-order valence-electron chi connectivity index (χ1n) is 11.5. The molecule has 5 aliphatic rings. The maximum Gasteiger partial charge on any atom is 0.325 e. The van der Waals surface area contributed by atoms with Gasteiger partial charge in [-0.25, -0.2) is 9.78 Å². The number of hydrogen-bond acceptors (Lipinski definition) is 8. The minimum absolute atomic E-state index is 0.0302. The molecule has 10 heteroatoms. The van der Waals surface area contributed by atoms with E-state index in [0.29, 0.717) is 12.3 Å². The van der Waals surface area contributed by atoms with Crippen molar-refractivity contribution in [2.45, 2.75) is 96.2 Å². The number of carbonyl (C=O) groups excluding carboxylic acids is 2. The van der Waals surface area contributed by atoms with Crippen LogP contribution in [-0.2, 0) is 38.4 Å². The number of fused-ring (bicyclic) bond motifs is 2. The number of carboxylic acid groups (broad SMARTS) is 1. The Hall–Kier alpha value is -1.75. The van der Waals surface area contributed by atoms with Gasteiger partial charge in [0, 0.05) is 24.7 Å². The minimum Gasteiger partial charge on any atom is -0.480 e. The first-order valence-corrected chi connectivity index (χ1v) is 11.5. The Morgan fingerprint density at radius 3 is 2.59 bits per heavy atom. The molecule has 5 fully saturated rings. The summed E-state index contributed by atoms with van der Waals surface area (Å²) >= 11 is 0. The summed E-state index contributed by atoms with van der Waals surface area (Å²) in [7, 11) is 0. The van der Waals surface area contributed by atoms with Crippen LogP contribution in [0.2, 0.25) is 0 Å². The highest BCUT2D eigenvalue weighted by Crippen LogP contribution is 2.60. The lowest BCUT2D eigenvalue weighted by atomic mass is 9.58. The molecule has 0 unspecified atom stereocenters. The number of rotatable bonds is 6. The van der Waals surface area contributed by atoms with Crippen molar-refractivity contribution in [3.8, 4) is 0 Å². The van der Waals surface area contributed by atoms with Crippen LogP contribution in [0.1, 0.15) is 66.2 Å². The van der Waals surface area contributed by atoms with Crippen molar-refractivity contribution in [1.82, 2.24) is 5.32 Å². The zero-order valence-corrected chi connectivity index (χ0v) is 19.0. The molecule has 10 nitrogen and oxygen atoms in total. The molecule has 4 heterocycles. The third-order valence-electron chi connectivity index (χ3n) is 7.65. The minimum atomic E-state index is -1.14. The molecule has 4 saturated heterocycles. The van der Waals surface area contributed by atoms with E-state index in [1.807, 2.05) is 13.8 Å². The Kier molecular flexibility index (Phi) is 6.26. The molecular formula is C22H33NO9. The topological polar surface area (TPSA) is 130 Å². The van der Waals surface area contributed by atoms with Crippen molar-refractivity contribution in [2.24, 2.45) is 23.7 Å². The Morgan fingerprint density at radius 2 is 1.88 bits per heavy atom. The van der Waals surface area contributed by atoms with E-state index in [4.69, 9.17) is 29.1 Å². The second-order valence-corrected chi connectivity index (χ2v) is 9.89. The van der Waals surface area contributed by atoms with Gasteiger partial charge < -0.3 is 24.6 Å². The van der Waals surface area contributed by atoms with Crippen molar-refractivity contribution in [1.29, 1.82) is 0 Å². The maximum absolute atomic E-state index is 12.5. The van der Waals surface area contributed by atoms with E-state index < -0.39 is 47.9 Å². The molecule has 4 aliphatic heterocycles. The van der Waals surface area contributed by atoms with Crippen molar-refractivity contribution >= 4 is 17.8 Å². The van der Waals surface area contributed by atoms with Gasteiger partial charge in [-0.3, -0.25) is 14.4 Å². The Morgan fingerprint density at radius 1 is 1.12 bits per heavy atom. The average molecular weight is 456 g/mol. The molecule has 0 aromatic rings. The van der Waals surface area contributed by atoms with Crippen LogP contribution in [0, 0.1) is 23.7 Å². The number of amides is 1. The van der Waals surface area contributed by atoms with Crippen molar-refractivity contribution in [2.75, 3.05) is 0 Å². The SMILES string of the molecule is C[C@H]1[C@H](OC(=O)CCC(=O)N[C@@H](C)C(=O)O)O[C@@H]2O[C@]3(C)CC[C@H]4[C@H](C)CC[C@@H]1[C@]24OO3. The van der Waals surface area contributed by atoms with Gasteiger partial charge in [0.25, 0.3) is 0 Å². The zero-order valence-electron chi connectivity index (χ0n) is 19.0. The van der Waals surface area contributed by atoms with Crippen LogP contribution < -0.4 is 5.32 Å². The van der Waals surface area contributed by atoms with E-state index in [0.717, 1.165) is 19.3 Å². The molecule has 9 atom stereocenters. The molecular weight excluding hydrogens is 422 g/mol. The second kappa shape index (κ2) is 8.55. The number of carboxylic acids is 1. The highest BCUT2D eigenvalue weighted by atomic mass is 17.3. The number of nitrogens with one attached hydrogen (secondary N) is 1. The van der Waals surface area contributed by atoms with Gasteiger partial charge >= 0.3 is 11.9 Å². The Bertz CT molecular complexity index is 775. The van der Waals surface area contributed by atoms with Gasteiger partial charge in [-0.15, -0.1) is 0 Å². The van der Waals surface area contributed by atoms with E-state index in [1.54, 1.807) is 0 Å². The number of hydrogen-bond donors (Lipinski definition) is 2. The summed E-state index contributed by atoms with van der Waals surface area (Å²) in [6.07, 6.45) is 1.64. The van der Waals surface area contributed by atoms with E-state index in [9.17, 15) is 14.4 Å². The van der Waals surface area contributed by atoms with Crippen molar-refractivity contribution in [3.63, 3.8) is 0 Å². The zero-order chi connectivity index (χ0) is 23.3. The van der Waals surface area contributed by atoms with E-state index in [2.05, 4.69) is 12.2 Å². The maximum atomic E-state index is 12.5. The Balaban J connectivity index is 1.42. The average Bonchev–Trinajstić information content (AvgIpc) is 2.96. The van der Waals surface area contributed by atoms with E-state index in [1.165, 1.54) is 6.92 Å². The quantitative estimate of drug-likeness (QED) is 0.457. The van der Waals surface area contributed by atoms with Gasteiger partial charge in [0.2, 0.25) is 18.0 Å². The van der Waals surface area contributed by atoms with E-state index in [-0.39, 0.29) is 30.6 Å². The summed E-state index contributed by atoms with van der Waals surface area (Å²) in [6, 6.07) is -1.02. The monoisotopic (exact) mass is 455 g/mol. The molecule has 2 bridgehead atoms. The fourth-order valence-electron chi connectivity index (χ4n) is 5.79. The number of esters is 1. The van der Waals surface area contributed by atoms with Crippen LogP contribution >= 0.6 is 0 Å². The normalized spacial score (nSPS) is 43.5. The van der Waals surface area contributed by atoms with Gasteiger partial charge in [0.05, 0.1) is 6.42 Å². The molecule has 0 aromatic carbocycles. The van der Waals surface area contributed by atoms with Gasteiger partial charge in [-0.2, -0.15) is 0 Å². The summed E-state index contributed by atoms with van der Waals surface area (Å²) in [5, 5.41) is 11.2. The third-order valence-corrected chi connectivity index (χ3v) is 7.65. The molecule has 1 saturated carbocycles. The molecule has 180 valence electrons. The lowest BCUT2D eigenvalue weighted by molar-refractivity contribution is -0.576. The number of ether oxygens (including phenoxy) is 3. The fraction of sp³-hybridized carbons (Fsp3) is 0.864. The van der Waals surface area contributed by atoms with Crippen molar-refractivity contribution < 1.29 is 43.5 Å². The highest BCUT2D eigenvalue weighted by molar-refractivity contribution is 5.85. The highest BCUT2D eigenvalue weighted by Gasteiger charge is 2.69. The first kappa shape index (κ1) is 23.4. The molecule has 1 amide bonds. The predicted molar refractivity (Wildman–Crippen MR) is 107 cm³/mol. The standard InChI is InChI=1S/C22H33NO9/c1-11-5-6-15-12(2)19(28-17(25)8-7-16(24)23-13(3)18(26)27)29-20-22(15)14(11)9-10-21(4,30-20)31-32-22/h11-15,19-20H,5-10H2,1-4H3,(H,23,24)(H,26,27)/t11-,12-,13+,14+,15+,19-,20-,21+,22+/m1/s1. The molecule has 5 rings (SSSR count). The summed E-state index contributed by atoms with van der Waals surface area (Å²) in [5.74, 6) is -2.64. The van der Waals surface area contributed by atoms with Gasteiger partial charge in [0.15, 0.2) is 11.9 Å². The van der Waals surface area contributed by atoms with Crippen molar-refractivity contribution in [3.05, 3.63) is 0 Å². The van der Waals surface area contributed by atoms with Crippen LogP contribution in [-0.4, -0.2) is 53.0 Å². The van der Waals surface area contributed by atoms with Gasteiger partial charge in [-0.1, -0.05) is 13.8 Å². The molecule has 0 radical (unpaired) electrons. The van der Waals surface area contributed by atoms with Crippen LogP contribution in [0.5, 0.6) is 0 Å². The number of aliphatic carboxylic acids is 1. The summed E-state index contributed by atoms with van der Waals surface area (Å²) in [4.78, 5) is 47.0. The van der Waals surface area contributed by atoms with Crippen LogP contribution in [0.3, 0.4) is 0 Å². The van der Waals surface area contributed by atoms with Crippen LogP contribution in [0.4, 0.5) is 0 Å². The summed E-state index contributed by atoms with van der Waals surface area (Å²) < 4.78 is 18.0. The summed E-state index contributed by atoms with van der Waals surface area (Å²) in [5.41, 5.74) is -0.733. The second-order valence-electron chi connectivity index (χ2n) is 9.89. The molecule has 1 aliphatic carbocycles. The lowest BCUT2D eigenvalue weighted by Crippen LogP contribution is -2.70. The smallest absolute Gasteiger partial charge is 0.325 e. The number of carbonyl (C=O) groups is 3. The third kappa shape index (κ3) is 4.02. The Labute approximate surface area is 187 Å². The first-order chi connectivity index (χ1) is 15.1. The molecule has 2 N–H and O–H groups in total.